The fraction of sp³-hybridized carbons (Fsp3) is 0.0625. The molecule has 310 valence electrons. The second-order valence-electron chi connectivity index (χ2n) is 18.7. The van der Waals surface area contributed by atoms with E-state index in [1.807, 2.05) is 6.07 Å². The zero-order valence-corrected chi connectivity index (χ0v) is 36.7. The van der Waals surface area contributed by atoms with Crippen LogP contribution < -0.4 is 4.90 Å². The smallest absolute Gasteiger partial charge is 0.143 e. The van der Waals surface area contributed by atoms with Crippen LogP contribution in [-0.4, -0.2) is 0 Å². The van der Waals surface area contributed by atoms with Crippen LogP contribution in [0.5, 0.6) is 0 Å². The number of para-hydroxylation sites is 2. The molecule has 0 saturated heterocycles. The van der Waals surface area contributed by atoms with Gasteiger partial charge < -0.3 is 9.32 Å². The van der Waals surface area contributed by atoms with E-state index < -0.39 is 5.41 Å². The van der Waals surface area contributed by atoms with E-state index in [-0.39, 0.29) is 5.41 Å². The lowest BCUT2D eigenvalue weighted by Gasteiger charge is -2.33. The van der Waals surface area contributed by atoms with Gasteiger partial charge >= 0.3 is 0 Å². The Morgan fingerprint density at radius 1 is 0.364 bits per heavy atom. The molecule has 1 aromatic heterocycles. The minimum absolute atomic E-state index is 0.164. The van der Waals surface area contributed by atoms with Crippen molar-refractivity contribution in [2.24, 2.45) is 0 Å². The van der Waals surface area contributed by atoms with Crippen LogP contribution in [0.1, 0.15) is 47.2 Å². The lowest BCUT2D eigenvalue weighted by atomic mass is 9.68. The first-order valence-corrected chi connectivity index (χ1v) is 23.1. The van der Waals surface area contributed by atoms with Crippen molar-refractivity contribution in [2.45, 2.75) is 24.7 Å². The van der Waals surface area contributed by atoms with Gasteiger partial charge in [-0.15, -0.1) is 0 Å². The van der Waals surface area contributed by atoms with E-state index in [4.69, 9.17) is 4.42 Å². The van der Waals surface area contributed by atoms with Gasteiger partial charge in [-0.1, -0.05) is 202 Å². The van der Waals surface area contributed by atoms with Crippen LogP contribution in [0.4, 0.5) is 17.1 Å². The molecule has 14 rings (SSSR count). The van der Waals surface area contributed by atoms with E-state index in [0.717, 1.165) is 50.1 Å². The molecule has 1 atom stereocenters. The van der Waals surface area contributed by atoms with E-state index >= 15 is 0 Å². The van der Waals surface area contributed by atoms with E-state index in [2.05, 4.69) is 237 Å². The summed E-state index contributed by atoms with van der Waals surface area (Å²) < 4.78 is 6.55. The van der Waals surface area contributed by atoms with Crippen molar-refractivity contribution in [3.05, 3.63) is 258 Å². The molecule has 3 aliphatic carbocycles. The van der Waals surface area contributed by atoms with Gasteiger partial charge in [0.1, 0.15) is 11.2 Å². The standard InChI is InChI=1S/C64H43NO/c1-63(2)53-27-10-6-19-46(53)48-38-37-43(39-57(48)63)65(42-35-33-41(34-36-42)45-24-15-26-51-49-21-9-13-32-59(49)66-62(45)51)58-31-16-30-56-60(58)52-22-8-12-29-55(52)64(56)54-28-11-7-20-47(54)50-25-14-23-44(61(50)64)40-17-4-3-5-18-40/h3-39H,1-2H3. The summed E-state index contributed by atoms with van der Waals surface area (Å²) in [6.45, 7) is 4.75. The van der Waals surface area contributed by atoms with Gasteiger partial charge in [0.05, 0.1) is 11.1 Å². The molecule has 2 heteroatoms. The monoisotopic (exact) mass is 841 g/mol. The van der Waals surface area contributed by atoms with Crippen LogP contribution in [0.3, 0.4) is 0 Å². The minimum atomic E-state index is -0.539. The van der Waals surface area contributed by atoms with Crippen LogP contribution in [0.2, 0.25) is 0 Å². The van der Waals surface area contributed by atoms with Gasteiger partial charge in [0, 0.05) is 38.7 Å². The highest BCUT2D eigenvalue weighted by Crippen LogP contribution is 2.66. The Morgan fingerprint density at radius 2 is 0.909 bits per heavy atom. The van der Waals surface area contributed by atoms with Crippen molar-refractivity contribution in [1.82, 2.24) is 0 Å². The second-order valence-corrected chi connectivity index (χ2v) is 18.7. The highest BCUT2D eigenvalue weighted by molar-refractivity contribution is 6.10. The van der Waals surface area contributed by atoms with Crippen LogP contribution in [0.25, 0.3) is 77.6 Å². The van der Waals surface area contributed by atoms with Crippen molar-refractivity contribution in [1.29, 1.82) is 0 Å². The summed E-state index contributed by atoms with van der Waals surface area (Å²) in [7, 11) is 0. The van der Waals surface area contributed by atoms with Crippen LogP contribution >= 0.6 is 0 Å². The Hall–Kier alpha value is -8.20. The van der Waals surface area contributed by atoms with Crippen molar-refractivity contribution in [3.8, 4) is 55.6 Å². The maximum Gasteiger partial charge on any atom is 0.143 e. The zero-order chi connectivity index (χ0) is 43.7. The molecule has 0 radical (unpaired) electrons. The Morgan fingerprint density at radius 3 is 1.73 bits per heavy atom. The molecule has 2 nitrogen and oxygen atoms in total. The fourth-order valence-electron chi connectivity index (χ4n) is 12.3. The molecule has 0 aliphatic heterocycles. The zero-order valence-electron chi connectivity index (χ0n) is 36.7. The van der Waals surface area contributed by atoms with Crippen molar-refractivity contribution >= 4 is 39.0 Å². The molecule has 3 aliphatic rings. The van der Waals surface area contributed by atoms with Crippen LogP contribution in [0, 0.1) is 0 Å². The van der Waals surface area contributed by atoms with Crippen LogP contribution in [0.15, 0.2) is 229 Å². The number of rotatable bonds is 5. The summed E-state index contributed by atoms with van der Waals surface area (Å²) in [6.07, 6.45) is 0. The topological polar surface area (TPSA) is 16.4 Å². The molecule has 0 bridgehead atoms. The maximum absolute atomic E-state index is 6.55. The first-order chi connectivity index (χ1) is 32.5. The summed E-state index contributed by atoms with van der Waals surface area (Å²) in [6, 6.07) is 83.3. The molecule has 66 heavy (non-hydrogen) atoms. The average Bonchev–Trinajstić information content (AvgIpc) is 4.07. The number of hydrogen-bond donors (Lipinski definition) is 0. The highest BCUT2D eigenvalue weighted by atomic mass is 16.3. The number of hydrogen-bond acceptors (Lipinski definition) is 2. The third-order valence-corrected chi connectivity index (χ3v) is 15.1. The number of benzene rings is 10. The number of nitrogens with zero attached hydrogens (tertiary/aromatic N) is 1. The van der Waals surface area contributed by atoms with Gasteiger partial charge in [-0.05, 0) is 114 Å². The van der Waals surface area contributed by atoms with E-state index in [1.165, 1.54) is 77.9 Å². The average molecular weight is 842 g/mol. The summed E-state index contributed by atoms with van der Waals surface area (Å²) in [5.74, 6) is 0. The molecule has 1 heterocycles. The second kappa shape index (κ2) is 13.7. The molecule has 10 aromatic carbocycles. The molecule has 1 unspecified atom stereocenters. The van der Waals surface area contributed by atoms with Gasteiger partial charge in [-0.3, -0.25) is 0 Å². The molecular formula is C64H43NO. The molecule has 0 fully saturated rings. The Bertz CT molecular complexity index is 3800. The van der Waals surface area contributed by atoms with E-state index in [9.17, 15) is 0 Å². The quantitative estimate of drug-likeness (QED) is 0.172. The third-order valence-electron chi connectivity index (χ3n) is 15.1. The molecule has 1 spiro atoms. The predicted molar refractivity (Wildman–Crippen MR) is 273 cm³/mol. The maximum atomic E-state index is 6.55. The number of furan rings is 1. The van der Waals surface area contributed by atoms with Gasteiger partial charge in [-0.2, -0.15) is 0 Å². The minimum Gasteiger partial charge on any atom is -0.455 e. The van der Waals surface area contributed by atoms with Gasteiger partial charge in [-0.25, -0.2) is 0 Å². The largest absolute Gasteiger partial charge is 0.455 e. The van der Waals surface area contributed by atoms with Crippen molar-refractivity contribution < 1.29 is 4.42 Å². The third kappa shape index (κ3) is 4.91. The summed E-state index contributed by atoms with van der Waals surface area (Å²) in [5.41, 5.74) is 25.0. The lowest BCUT2D eigenvalue weighted by molar-refractivity contribution is 0.660. The summed E-state index contributed by atoms with van der Waals surface area (Å²) in [4.78, 5) is 2.52. The normalized spacial score (nSPS) is 15.6. The SMILES string of the molecule is CC1(C)c2ccccc2-c2ccc(N(c3ccc(-c4cccc5c4oc4ccccc45)cc3)c3cccc4c3-c3ccccc3C43c4ccccc4-c4cccc(-c5ccccc5)c43)cc21. The van der Waals surface area contributed by atoms with Gasteiger partial charge in [0.25, 0.3) is 0 Å². The Kier molecular flexibility index (Phi) is 7.70. The van der Waals surface area contributed by atoms with Crippen molar-refractivity contribution in [3.63, 3.8) is 0 Å². The number of fused-ring (bicyclic) bond motifs is 16. The molecule has 11 aromatic rings. The van der Waals surface area contributed by atoms with E-state index in [0.29, 0.717) is 0 Å². The van der Waals surface area contributed by atoms with Gasteiger partial charge in [0.15, 0.2) is 0 Å². The summed E-state index contributed by atoms with van der Waals surface area (Å²) in [5, 5.41) is 2.27. The number of anilines is 3. The molecule has 0 amide bonds. The molecule has 0 saturated carbocycles. The van der Waals surface area contributed by atoms with Crippen molar-refractivity contribution in [2.75, 3.05) is 4.90 Å². The lowest BCUT2D eigenvalue weighted by Crippen LogP contribution is -2.26. The van der Waals surface area contributed by atoms with E-state index in [1.54, 1.807) is 0 Å². The Labute approximate surface area is 384 Å². The highest BCUT2D eigenvalue weighted by Gasteiger charge is 2.53. The Balaban J connectivity index is 1.03. The fourth-order valence-corrected chi connectivity index (χ4v) is 12.3. The molecule has 0 N–H and O–H groups in total. The summed E-state index contributed by atoms with van der Waals surface area (Å²) >= 11 is 0. The first-order valence-electron chi connectivity index (χ1n) is 23.1. The predicted octanol–water partition coefficient (Wildman–Crippen LogP) is 17.0. The van der Waals surface area contributed by atoms with Crippen LogP contribution in [-0.2, 0) is 10.8 Å². The first kappa shape index (κ1) is 37.2. The molecular weight excluding hydrogens is 799 g/mol. The van der Waals surface area contributed by atoms with Gasteiger partial charge in [0.2, 0.25) is 0 Å².